The standard InChI is InChI=1S/C18H28N2O/c1-12-9-10-15(19)13(11-12)17(21)20-16-8-6-5-7-14(16)18(2,3)4/h9-11,14,16H,5-8,19H2,1-4H3,(H,20,21). The summed E-state index contributed by atoms with van der Waals surface area (Å²) in [6.45, 7) is 8.78. The number of aryl methyl sites for hydroxylation is 1. The lowest BCUT2D eigenvalue weighted by molar-refractivity contribution is 0.0831. The average Bonchev–Trinajstić information content (AvgIpc) is 2.41. The third-order valence-corrected chi connectivity index (χ3v) is 4.65. The maximum atomic E-state index is 12.6. The van der Waals surface area contributed by atoms with E-state index in [9.17, 15) is 4.79 Å². The summed E-state index contributed by atoms with van der Waals surface area (Å²) in [5.41, 5.74) is 8.40. The van der Waals surface area contributed by atoms with Gasteiger partial charge in [0, 0.05) is 11.7 Å². The van der Waals surface area contributed by atoms with Gasteiger partial charge in [-0.05, 0) is 43.2 Å². The summed E-state index contributed by atoms with van der Waals surface area (Å²) < 4.78 is 0. The Kier molecular flexibility index (Phi) is 4.60. The van der Waals surface area contributed by atoms with Crippen LogP contribution in [-0.4, -0.2) is 11.9 Å². The molecule has 0 heterocycles. The first-order chi connectivity index (χ1) is 9.79. The largest absolute Gasteiger partial charge is 0.398 e. The molecular formula is C18H28N2O. The lowest BCUT2D eigenvalue weighted by atomic mass is 9.69. The molecular weight excluding hydrogens is 260 g/mol. The van der Waals surface area contributed by atoms with Crippen molar-refractivity contribution in [1.82, 2.24) is 5.32 Å². The van der Waals surface area contributed by atoms with Crippen molar-refractivity contribution >= 4 is 11.6 Å². The smallest absolute Gasteiger partial charge is 0.253 e. The van der Waals surface area contributed by atoms with Crippen molar-refractivity contribution in [3.05, 3.63) is 29.3 Å². The maximum Gasteiger partial charge on any atom is 0.253 e. The fourth-order valence-corrected chi connectivity index (χ4v) is 3.45. The Bertz CT molecular complexity index is 516. The molecule has 1 saturated carbocycles. The van der Waals surface area contributed by atoms with Gasteiger partial charge in [-0.3, -0.25) is 4.79 Å². The van der Waals surface area contributed by atoms with E-state index < -0.39 is 0 Å². The van der Waals surface area contributed by atoms with Gasteiger partial charge in [-0.25, -0.2) is 0 Å². The zero-order valence-corrected chi connectivity index (χ0v) is 13.7. The Morgan fingerprint density at radius 2 is 1.90 bits per heavy atom. The number of carbonyl (C=O) groups excluding carboxylic acids is 1. The molecule has 0 aromatic heterocycles. The van der Waals surface area contributed by atoms with Crippen LogP contribution in [0.2, 0.25) is 0 Å². The lowest BCUT2D eigenvalue weighted by Gasteiger charge is -2.40. The molecule has 0 aliphatic heterocycles. The predicted molar refractivity (Wildman–Crippen MR) is 88.3 cm³/mol. The minimum absolute atomic E-state index is 0.0302. The SMILES string of the molecule is Cc1ccc(N)c(C(=O)NC2CCCCC2C(C)(C)C)c1. The van der Waals surface area contributed by atoms with Gasteiger partial charge in [0.25, 0.3) is 5.91 Å². The molecule has 0 saturated heterocycles. The molecule has 2 rings (SSSR count). The Morgan fingerprint density at radius 3 is 2.57 bits per heavy atom. The van der Waals surface area contributed by atoms with Gasteiger partial charge in [-0.1, -0.05) is 45.2 Å². The van der Waals surface area contributed by atoms with Crippen molar-refractivity contribution in [2.75, 3.05) is 5.73 Å². The van der Waals surface area contributed by atoms with E-state index >= 15 is 0 Å². The van der Waals surface area contributed by atoms with Crippen molar-refractivity contribution in [2.45, 2.75) is 59.4 Å². The third-order valence-electron chi connectivity index (χ3n) is 4.65. The van der Waals surface area contributed by atoms with Gasteiger partial charge in [0.1, 0.15) is 0 Å². The van der Waals surface area contributed by atoms with Crippen molar-refractivity contribution in [2.24, 2.45) is 11.3 Å². The first-order valence-corrected chi connectivity index (χ1v) is 7.96. The molecule has 1 aliphatic carbocycles. The summed E-state index contributed by atoms with van der Waals surface area (Å²) in [6, 6.07) is 5.88. The summed E-state index contributed by atoms with van der Waals surface area (Å²) in [6.07, 6.45) is 4.72. The Balaban J connectivity index is 2.15. The van der Waals surface area contributed by atoms with E-state index in [1.165, 1.54) is 19.3 Å². The fourth-order valence-electron chi connectivity index (χ4n) is 3.45. The van der Waals surface area contributed by atoms with Crippen LogP contribution >= 0.6 is 0 Å². The van der Waals surface area contributed by atoms with Crippen molar-refractivity contribution < 1.29 is 4.79 Å². The number of carbonyl (C=O) groups is 1. The highest BCUT2D eigenvalue weighted by Gasteiger charge is 2.35. The first-order valence-electron chi connectivity index (χ1n) is 7.96. The van der Waals surface area contributed by atoms with Crippen molar-refractivity contribution in [3.63, 3.8) is 0 Å². The van der Waals surface area contributed by atoms with E-state index in [-0.39, 0.29) is 17.4 Å². The molecule has 1 aromatic carbocycles. The van der Waals surface area contributed by atoms with Crippen LogP contribution in [0.5, 0.6) is 0 Å². The second-order valence-electron chi connectivity index (χ2n) is 7.43. The van der Waals surface area contributed by atoms with Gasteiger partial charge in [0.15, 0.2) is 0 Å². The highest BCUT2D eigenvalue weighted by molar-refractivity contribution is 5.99. The number of rotatable bonds is 2. The highest BCUT2D eigenvalue weighted by Crippen LogP contribution is 2.38. The number of nitrogens with one attached hydrogen (secondary N) is 1. The van der Waals surface area contributed by atoms with E-state index in [2.05, 4.69) is 26.1 Å². The molecule has 116 valence electrons. The van der Waals surface area contributed by atoms with Crippen LogP contribution in [-0.2, 0) is 0 Å². The number of nitrogen functional groups attached to an aromatic ring is 1. The van der Waals surface area contributed by atoms with Crippen molar-refractivity contribution in [3.8, 4) is 0 Å². The van der Waals surface area contributed by atoms with Crippen molar-refractivity contribution in [1.29, 1.82) is 0 Å². The van der Waals surface area contributed by atoms with Gasteiger partial charge >= 0.3 is 0 Å². The van der Waals surface area contributed by atoms with Crippen LogP contribution in [0.15, 0.2) is 18.2 Å². The molecule has 2 atom stereocenters. The summed E-state index contributed by atoms with van der Waals surface area (Å²) in [7, 11) is 0. The fraction of sp³-hybridized carbons (Fsp3) is 0.611. The lowest BCUT2D eigenvalue weighted by Crippen LogP contribution is -2.46. The number of anilines is 1. The van der Waals surface area contributed by atoms with E-state index in [1.54, 1.807) is 0 Å². The van der Waals surface area contributed by atoms with Gasteiger partial charge in [0.2, 0.25) is 0 Å². The summed E-state index contributed by atoms with van der Waals surface area (Å²) in [5, 5.41) is 3.24. The molecule has 3 nitrogen and oxygen atoms in total. The first kappa shape index (κ1) is 15.9. The average molecular weight is 288 g/mol. The Hall–Kier alpha value is -1.51. The van der Waals surface area contributed by atoms with Gasteiger partial charge < -0.3 is 11.1 Å². The van der Waals surface area contributed by atoms with Gasteiger partial charge in [-0.2, -0.15) is 0 Å². The number of benzene rings is 1. The van der Waals surface area contributed by atoms with Crippen LogP contribution in [0, 0.1) is 18.3 Å². The van der Waals surface area contributed by atoms with Gasteiger partial charge in [-0.15, -0.1) is 0 Å². The van der Waals surface area contributed by atoms with E-state index in [0.29, 0.717) is 17.2 Å². The van der Waals surface area contributed by atoms with E-state index in [4.69, 9.17) is 5.73 Å². The minimum atomic E-state index is -0.0302. The zero-order valence-electron chi connectivity index (χ0n) is 13.7. The van der Waals surface area contributed by atoms with Crippen LogP contribution < -0.4 is 11.1 Å². The highest BCUT2D eigenvalue weighted by atomic mass is 16.1. The molecule has 0 bridgehead atoms. The predicted octanol–water partition coefficient (Wildman–Crippen LogP) is 3.91. The third kappa shape index (κ3) is 3.78. The molecule has 0 spiro atoms. The van der Waals surface area contributed by atoms with E-state index in [0.717, 1.165) is 12.0 Å². The van der Waals surface area contributed by atoms with E-state index in [1.807, 2.05) is 25.1 Å². The quantitative estimate of drug-likeness (QED) is 0.811. The molecule has 1 aromatic rings. The Labute approximate surface area is 128 Å². The molecule has 3 N–H and O–H groups in total. The zero-order chi connectivity index (χ0) is 15.6. The summed E-state index contributed by atoms with van der Waals surface area (Å²) in [4.78, 5) is 12.6. The second-order valence-corrected chi connectivity index (χ2v) is 7.43. The molecule has 3 heteroatoms. The number of hydrogen-bond donors (Lipinski definition) is 2. The monoisotopic (exact) mass is 288 g/mol. The molecule has 21 heavy (non-hydrogen) atoms. The summed E-state index contributed by atoms with van der Waals surface area (Å²) in [5.74, 6) is 0.499. The Morgan fingerprint density at radius 1 is 1.24 bits per heavy atom. The molecule has 2 unspecified atom stereocenters. The van der Waals surface area contributed by atoms with Gasteiger partial charge in [0.05, 0.1) is 5.56 Å². The normalized spacial score (nSPS) is 22.9. The number of amides is 1. The molecule has 1 amide bonds. The number of nitrogens with two attached hydrogens (primary N) is 1. The summed E-state index contributed by atoms with van der Waals surface area (Å²) >= 11 is 0. The van der Waals surface area contributed by atoms with Crippen LogP contribution in [0.1, 0.15) is 62.4 Å². The maximum absolute atomic E-state index is 12.6. The van der Waals surface area contributed by atoms with Crippen LogP contribution in [0.3, 0.4) is 0 Å². The minimum Gasteiger partial charge on any atom is -0.398 e. The molecule has 1 aliphatic rings. The van der Waals surface area contributed by atoms with Crippen LogP contribution in [0.4, 0.5) is 5.69 Å². The molecule has 0 radical (unpaired) electrons. The topological polar surface area (TPSA) is 55.1 Å². The number of hydrogen-bond acceptors (Lipinski definition) is 2. The molecule has 1 fully saturated rings. The second kappa shape index (κ2) is 6.08. The van der Waals surface area contributed by atoms with Crippen LogP contribution in [0.25, 0.3) is 0 Å².